The van der Waals surface area contributed by atoms with Gasteiger partial charge < -0.3 is 10.6 Å². The molecular weight excluding hydrogens is 359 g/mol. The lowest BCUT2D eigenvalue weighted by molar-refractivity contribution is -0.137. The summed E-state index contributed by atoms with van der Waals surface area (Å²) in [5.74, 6) is -1.10. The number of alkyl halides is 3. The maximum Gasteiger partial charge on any atom is 0.418 e. The highest BCUT2D eigenvalue weighted by Gasteiger charge is 2.33. The zero-order valence-corrected chi connectivity index (χ0v) is 14.1. The van der Waals surface area contributed by atoms with Crippen LogP contribution in [0.15, 0.2) is 60.3 Å². The molecule has 0 bridgehead atoms. The minimum atomic E-state index is -4.64. The number of carbonyl (C=O) groups is 2. The number of ketones is 1. The van der Waals surface area contributed by atoms with E-state index in [4.69, 9.17) is 5.26 Å². The molecule has 2 rings (SSSR count). The molecule has 5 nitrogen and oxygen atoms in total. The Balaban J connectivity index is 2.16. The molecule has 2 N–H and O–H groups in total. The zero-order chi connectivity index (χ0) is 20.0. The Labute approximate surface area is 153 Å². The lowest BCUT2D eigenvalue weighted by Crippen LogP contribution is -2.18. The van der Waals surface area contributed by atoms with Gasteiger partial charge in [0.25, 0.3) is 5.91 Å². The van der Waals surface area contributed by atoms with Crippen LogP contribution >= 0.6 is 0 Å². The monoisotopic (exact) mass is 373 g/mol. The van der Waals surface area contributed by atoms with Gasteiger partial charge in [-0.25, -0.2) is 0 Å². The van der Waals surface area contributed by atoms with Crippen LogP contribution in [0.1, 0.15) is 22.8 Å². The number of amides is 1. The molecule has 2 aromatic carbocycles. The van der Waals surface area contributed by atoms with E-state index in [0.29, 0.717) is 11.3 Å². The van der Waals surface area contributed by atoms with Crippen molar-refractivity contribution in [3.63, 3.8) is 0 Å². The van der Waals surface area contributed by atoms with E-state index in [-0.39, 0.29) is 5.78 Å². The fourth-order valence-corrected chi connectivity index (χ4v) is 2.13. The molecule has 0 saturated carbocycles. The normalized spacial score (nSPS) is 11.4. The molecule has 2 aromatic rings. The molecule has 0 aromatic heterocycles. The third-order valence-electron chi connectivity index (χ3n) is 3.52. The second kappa shape index (κ2) is 8.19. The number of halogens is 3. The minimum Gasteiger partial charge on any atom is -0.360 e. The van der Waals surface area contributed by atoms with E-state index in [0.717, 1.165) is 18.3 Å². The number of carbonyl (C=O) groups excluding carboxylic acids is 2. The standard InChI is InChI=1S/C19H14F3N3O2/c1-12(26)13-6-8-15(9-7-13)24-11-14(10-23)18(27)25-17-5-3-2-4-16(17)19(20,21)22/h2-9,11,24H,1H3,(H,25,27)/b14-11-. The Morgan fingerprint density at radius 2 is 1.70 bits per heavy atom. The Morgan fingerprint density at radius 3 is 2.26 bits per heavy atom. The Bertz CT molecular complexity index is 926. The van der Waals surface area contributed by atoms with Crippen molar-refractivity contribution in [1.29, 1.82) is 5.26 Å². The fraction of sp³-hybridized carbons (Fsp3) is 0.105. The van der Waals surface area contributed by atoms with E-state index in [1.165, 1.54) is 19.1 Å². The average Bonchev–Trinajstić information content (AvgIpc) is 2.62. The highest BCUT2D eigenvalue weighted by molar-refractivity contribution is 6.07. The summed E-state index contributed by atoms with van der Waals surface area (Å²) in [7, 11) is 0. The van der Waals surface area contributed by atoms with Crippen molar-refractivity contribution in [1.82, 2.24) is 0 Å². The number of hydrogen-bond acceptors (Lipinski definition) is 4. The fourth-order valence-electron chi connectivity index (χ4n) is 2.13. The lowest BCUT2D eigenvalue weighted by Gasteiger charge is -2.13. The van der Waals surface area contributed by atoms with Gasteiger partial charge in [-0.2, -0.15) is 18.4 Å². The molecule has 8 heteroatoms. The molecule has 1 amide bonds. The summed E-state index contributed by atoms with van der Waals surface area (Å²) < 4.78 is 38.9. The van der Waals surface area contributed by atoms with Gasteiger partial charge in [0.15, 0.2) is 5.78 Å². The number of benzene rings is 2. The van der Waals surface area contributed by atoms with Crippen molar-refractivity contribution >= 4 is 23.1 Å². The molecule has 0 aliphatic heterocycles. The van der Waals surface area contributed by atoms with Crippen molar-refractivity contribution in [2.75, 3.05) is 10.6 Å². The Morgan fingerprint density at radius 1 is 1.07 bits per heavy atom. The second-order valence-electron chi connectivity index (χ2n) is 5.45. The van der Waals surface area contributed by atoms with Crippen LogP contribution < -0.4 is 10.6 Å². The van der Waals surface area contributed by atoms with Gasteiger partial charge in [-0.15, -0.1) is 0 Å². The second-order valence-corrected chi connectivity index (χ2v) is 5.45. The van der Waals surface area contributed by atoms with Gasteiger partial charge in [-0.1, -0.05) is 12.1 Å². The van der Waals surface area contributed by atoms with E-state index in [1.807, 2.05) is 0 Å². The van der Waals surface area contributed by atoms with Crippen LogP contribution in [0.4, 0.5) is 24.5 Å². The first kappa shape index (κ1) is 19.7. The SMILES string of the molecule is CC(=O)c1ccc(N/C=C(/C#N)C(=O)Nc2ccccc2C(F)(F)F)cc1. The molecule has 0 unspecified atom stereocenters. The van der Waals surface area contributed by atoms with Crippen LogP contribution in [-0.4, -0.2) is 11.7 Å². The van der Waals surface area contributed by atoms with Crippen molar-refractivity contribution < 1.29 is 22.8 Å². The van der Waals surface area contributed by atoms with Crippen molar-refractivity contribution in [3.8, 4) is 6.07 Å². The van der Waals surface area contributed by atoms with Crippen LogP contribution in [0.25, 0.3) is 0 Å². The van der Waals surface area contributed by atoms with Gasteiger partial charge >= 0.3 is 6.18 Å². The number of hydrogen-bond donors (Lipinski definition) is 2. The third-order valence-corrected chi connectivity index (χ3v) is 3.52. The smallest absolute Gasteiger partial charge is 0.360 e. The predicted octanol–water partition coefficient (Wildman–Crippen LogP) is 4.37. The van der Waals surface area contributed by atoms with E-state index in [1.54, 1.807) is 30.3 Å². The van der Waals surface area contributed by atoms with Gasteiger partial charge in [0.05, 0.1) is 11.3 Å². The van der Waals surface area contributed by atoms with Crippen LogP contribution in [0.5, 0.6) is 0 Å². The summed E-state index contributed by atoms with van der Waals surface area (Å²) in [4.78, 5) is 23.4. The number of nitriles is 1. The van der Waals surface area contributed by atoms with Crippen LogP contribution in [-0.2, 0) is 11.0 Å². The molecule has 0 fully saturated rings. The van der Waals surface area contributed by atoms with Crippen molar-refractivity contribution in [2.45, 2.75) is 13.1 Å². The Kier molecular flexibility index (Phi) is 5.98. The molecule has 0 aliphatic rings. The summed E-state index contributed by atoms with van der Waals surface area (Å²) in [5.41, 5.74) is -0.879. The maximum atomic E-state index is 13.0. The van der Waals surface area contributed by atoms with E-state index < -0.39 is 28.9 Å². The number of rotatable bonds is 5. The maximum absolute atomic E-state index is 13.0. The number of anilines is 2. The summed E-state index contributed by atoms with van der Waals surface area (Å²) in [5, 5.41) is 13.9. The highest BCUT2D eigenvalue weighted by atomic mass is 19.4. The highest BCUT2D eigenvalue weighted by Crippen LogP contribution is 2.34. The van der Waals surface area contributed by atoms with Crippen LogP contribution in [0.3, 0.4) is 0 Å². The summed E-state index contributed by atoms with van der Waals surface area (Å²) in [6.07, 6.45) is -3.56. The number of para-hydroxylation sites is 1. The predicted molar refractivity (Wildman–Crippen MR) is 93.8 cm³/mol. The molecule has 0 spiro atoms. The first-order valence-electron chi connectivity index (χ1n) is 7.67. The van der Waals surface area contributed by atoms with Crippen molar-refractivity contribution in [2.24, 2.45) is 0 Å². The topological polar surface area (TPSA) is 82.0 Å². The van der Waals surface area contributed by atoms with Crippen LogP contribution in [0.2, 0.25) is 0 Å². The summed E-state index contributed by atoms with van der Waals surface area (Å²) in [6, 6.07) is 12.4. The Hall–Kier alpha value is -3.60. The summed E-state index contributed by atoms with van der Waals surface area (Å²) in [6.45, 7) is 1.42. The summed E-state index contributed by atoms with van der Waals surface area (Å²) >= 11 is 0. The first-order chi connectivity index (χ1) is 12.7. The average molecular weight is 373 g/mol. The molecule has 0 aliphatic carbocycles. The largest absolute Gasteiger partial charge is 0.418 e. The molecule has 0 atom stereocenters. The van der Waals surface area contributed by atoms with E-state index in [2.05, 4.69) is 10.6 Å². The third kappa shape index (κ3) is 5.19. The molecule has 27 heavy (non-hydrogen) atoms. The zero-order valence-electron chi connectivity index (χ0n) is 14.1. The van der Waals surface area contributed by atoms with Gasteiger partial charge in [-0.05, 0) is 43.3 Å². The van der Waals surface area contributed by atoms with Crippen LogP contribution in [0, 0.1) is 11.3 Å². The van der Waals surface area contributed by atoms with Gasteiger partial charge in [-0.3, -0.25) is 9.59 Å². The van der Waals surface area contributed by atoms with Gasteiger partial charge in [0.2, 0.25) is 0 Å². The van der Waals surface area contributed by atoms with Crippen molar-refractivity contribution in [3.05, 3.63) is 71.4 Å². The van der Waals surface area contributed by atoms with E-state index in [9.17, 15) is 22.8 Å². The molecule has 138 valence electrons. The van der Waals surface area contributed by atoms with Gasteiger partial charge in [0.1, 0.15) is 11.6 Å². The van der Waals surface area contributed by atoms with E-state index >= 15 is 0 Å². The molecule has 0 heterocycles. The van der Waals surface area contributed by atoms with Gasteiger partial charge in [0, 0.05) is 17.5 Å². The minimum absolute atomic E-state index is 0.113. The first-order valence-corrected chi connectivity index (χ1v) is 7.67. The number of Topliss-reactive ketones (excluding diaryl/α,β-unsaturated/α-hetero) is 1. The number of nitrogens with one attached hydrogen (secondary N) is 2. The molecule has 0 saturated heterocycles. The lowest BCUT2D eigenvalue weighted by atomic mass is 10.1. The molecular formula is C19H14F3N3O2. The molecule has 0 radical (unpaired) electrons. The number of nitrogens with zero attached hydrogens (tertiary/aromatic N) is 1. The quantitative estimate of drug-likeness (QED) is 0.463.